The van der Waals surface area contributed by atoms with Crippen LogP contribution in [0.1, 0.15) is 34.6 Å². The maximum Gasteiger partial charge on any atom is 0.238 e. The molecule has 6 rings (SSSR count). The van der Waals surface area contributed by atoms with Crippen LogP contribution in [-0.4, -0.2) is 35.2 Å². The van der Waals surface area contributed by atoms with Crippen LogP contribution >= 0.6 is 0 Å². The Labute approximate surface area is 191 Å². The number of benzene rings is 3. The van der Waals surface area contributed by atoms with Crippen molar-refractivity contribution in [2.45, 2.75) is 12.1 Å². The molecule has 2 aliphatic rings. The van der Waals surface area contributed by atoms with Crippen molar-refractivity contribution in [2.24, 2.45) is 9.98 Å². The van der Waals surface area contributed by atoms with E-state index in [1.165, 1.54) is 0 Å². The summed E-state index contributed by atoms with van der Waals surface area (Å²) in [7, 11) is 0. The SMILES string of the molecule is c1ccc(-c2c(C3=N[C@H](c4ccccc4)CO3)n[nH]c2C2=N[C@H](c3ccccc3)CO2)cc1. The van der Waals surface area contributed by atoms with Crippen molar-refractivity contribution < 1.29 is 9.47 Å². The fourth-order valence-corrected chi connectivity index (χ4v) is 4.24. The Morgan fingerprint density at radius 3 is 1.76 bits per heavy atom. The van der Waals surface area contributed by atoms with Gasteiger partial charge in [-0.25, -0.2) is 9.98 Å². The second-order valence-electron chi connectivity index (χ2n) is 8.03. The van der Waals surface area contributed by atoms with Gasteiger partial charge in [-0.1, -0.05) is 91.0 Å². The summed E-state index contributed by atoms with van der Waals surface area (Å²) in [6.07, 6.45) is 0. The first-order chi connectivity index (χ1) is 16.4. The first kappa shape index (κ1) is 19.5. The first-order valence-corrected chi connectivity index (χ1v) is 11.0. The molecule has 0 bridgehead atoms. The second-order valence-corrected chi connectivity index (χ2v) is 8.03. The highest BCUT2D eigenvalue weighted by Crippen LogP contribution is 2.34. The first-order valence-electron chi connectivity index (χ1n) is 11.0. The van der Waals surface area contributed by atoms with E-state index >= 15 is 0 Å². The molecule has 0 unspecified atom stereocenters. The fourth-order valence-electron chi connectivity index (χ4n) is 4.24. The molecule has 2 aliphatic heterocycles. The third-order valence-corrected chi connectivity index (χ3v) is 5.92. The number of rotatable bonds is 5. The van der Waals surface area contributed by atoms with Crippen molar-refractivity contribution >= 4 is 11.8 Å². The summed E-state index contributed by atoms with van der Waals surface area (Å²) < 4.78 is 12.1. The lowest BCUT2D eigenvalue weighted by Gasteiger charge is -2.06. The van der Waals surface area contributed by atoms with Crippen molar-refractivity contribution in [3.63, 3.8) is 0 Å². The predicted octanol–water partition coefficient (Wildman–Crippen LogP) is 5.11. The molecule has 6 heteroatoms. The van der Waals surface area contributed by atoms with Gasteiger partial charge in [0, 0.05) is 5.56 Å². The molecule has 6 nitrogen and oxygen atoms in total. The van der Waals surface area contributed by atoms with Gasteiger partial charge in [0.2, 0.25) is 11.8 Å². The molecule has 0 fully saturated rings. The number of ether oxygens (including phenoxy) is 2. The number of hydrogen-bond acceptors (Lipinski definition) is 5. The van der Waals surface area contributed by atoms with Crippen molar-refractivity contribution in [1.29, 1.82) is 0 Å². The number of aromatic amines is 1. The Hall–Kier alpha value is -4.19. The third kappa shape index (κ3) is 3.69. The summed E-state index contributed by atoms with van der Waals surface area (Å²) in [6.45, 7) is 0.985. The lowest BCUT2D eigenvalue weighted by molar-refractivity contribution is 0.319. The molecule has 33 heavy (non-hydrogen) atoms. The summed E-state index contributed by atoms with van der Waals surface area (Å²) in [4.78, 5) is 9.71. The molecule has 3 heterocycles. The van der Waals surface area contributed by atoms with Crippen molar-refractivity contribution in [1.82, 2.24) is 10.2 Å². The van der Waals surface area contributed by atoms with Crippen molar-refractivity contribution in [2.75, 3.05) is 13.2 Å². The molecule has 0 amide bonds. The Bertz CT molecular complexity index is 1230. The smallest absolute Gasteiger partial charge is 0.238 e. The van der Waals surface area contributed by atoms with E-state index in [0.29, 0.717) is 30.7 Å². The van der Waals surface area contributed by atoms with Gasteiger partial charge in [0.15, 0.2) is 5.69 Å². The molecule has 0 spiro atoms. The highest BCUT2D eigenvalue weighted by atomic mass is 16.5. The molecule has 0 aliphatic carbocycles. The van der Waals surface area contributed by atoms with Gasteiger partial charge >= 0.3 is 0 Å². The minimum Gasteiger partial charge on any atom is -0.474 e. The molecular weight excluding hydrogens is 412 g/mol. The van der Waals surface area contributed by atoms with Crippen molar-refractivity contribution in [3.8, 4) is 11.1 Å². The van der Waals surface area contributed by atoms with Crippen molar-refractivity contribution in [3.05, 3.63) is 114 Å². The average molecular weight is 434 g/mol. The van der Waals surface area contributed by atoms with E-state index < -0.39 is 0 Å². The zero-order valence-corrected chi connectivity index (χ0v) is 17.9. The zero-order chi connectivity index (χ0) is 22.0. The highest BCUT2D eigenvalue weighted by molar-refractivity contribution is 6.07. The Kier molecular flexibility index (Phi) is 4.96. The number of nitrogens with zero attached hydrogens (tertiary/aromatic N) is 3. The maximum atomic E-state index is 6.03. The van der Waals surface area contributed by atoms with Gasteiger partial charge < -0.3 is 9.47 Å². The van der Waals surface area contributed by atoms with Crippen LogP contribution in [0.15, 0.2) is 101 Å². The average Bonchev–Trinajstić information content (AvgIpc) is 3.65. The van der Waals surface area contributed by atoms with Crippen LogP contribution in [0.5, 0.6) is 0 Å². The molecule has 4 aromatic rings. The summed E-state index contributed by atoms with van der Waals surface area (Å²) in [5.41, 5.74) is 5.55. The lowest BCUT2D eigenvalue weighted by Crippen LogP contribution is -2.06. The Morgan fingerprint density at radius 1 is 0.636 bits per heavy atom. The summed E-state index contributed by atoms with van der Waals surface area (Å²) in [5, 5.41) is 7.76. The fraction of sp³-hybridized carbons (Fsp3) is 0.148. The monoisotopic (exact) mass is 434 g/mol. The molecule has 0 saturated carbocycles. The van der Waals surface area contributed by atoms with E-state index in [1.54, 1.807) is 0 Å². The minimum absolute atomic E-state index is 0.0425. The number of aliphatic imine (C=N–C) groups is 2. The van der Waals surface area contributed by atoms with Crippen LogP contribution in [0.4, 0.5) is 0 Å². The summed E-state index contributed by atoms with van der Waals surface area (Å²) >= 11 is 0. The van der Waals surface area contributed by atoms with Crippen LogP contribution in [0.25, 0.3) is 11.1 Å². The van der Waals surface area contributed by atoms with Gasteiger partial charge in [-0.3, -0.25) is 5.10 Å². The van der Waals surface area contributed by atoms with E-state index in [9.17, 15) is 0 Å². The quantitative estimate of drug-likeness (QED) is 0.474. The van der Waals surface area contributed by atoms with Crippen LogP contribution in [0.2, 0.25) is 0 Å². The zero-order valence-electron chi connectivity index (χ0n) is 17.9. The Morgan fingerprint density at radius 2 is 1.15 bits per heavy atom. The van der Waals surface area contributed by atoms with E-state index in [2.05, 4.69) is 34.5 Å². The Balaban J connectivity index is 1.40. The number of H-pyrrole nitrogens is 1. The van der Waals surface area contributed by atoms with E-state index in [4.69, 9.17) is 19.5 Å². The van der Waals surface area contributed by atoms with E-state index in [-0.39, 0.29) is 12.1 Å². The van der Waals surface area contributed by atoms with Gasteiger partial charge in [0.1, 0.15) is 31.0 Å². The normalized spacial score (nSPS) is 19.5. The number of hydrogen-bond donors (Lipinski definition) is 1. The minimum atomic E-state index is -0.0486. The van der Waals surface area contributed by atoms with E-state index in [0.717, 1.165) is 27.9 Å². The molecule has 0 radical (unpaired) electrons. The molecule has 1 aromatic heterocycles. The molecule has 2 atom stereocenters. The van der Waals surface area contributed by atoms with Gasteiger partial charge in [-0.05, 0) is 16.7 Å². The van der Waals surface area contributed by atoms with Gasteiger partial charge in [-0.15, -0.1) is 0 Å². The van der Waals surface area contributed by atoms with E-state index in [1.807, 2.05) is 66.7 Å². The molecular formula is C27H22N4O2. The molecule has 162 valence electrons. The number of nitrogens with one attached hydrogen (secondary N) is 1. The predicted molar refractivity (Wildman–Crippen MR) is 127 cm³/mol. The lowest BCUT2D eigenvalue weighted by atomic mass is 10.0. The van der Waals surface area contributed by atoms with Crippen LogP contribution in [-0.2, 0) is 9.47 Å². The third-order valence-electron chi connectivity index (χ3n) is 5.92. The van der Waals surface area contributed by atoms with Crippen LogP contribution in [0.3, 0.4) is 0 Å². The van der Waals surface area contributed by atoms with Crippen LogP contribution in [0, 0.1) is 0 Å². The van der Waals surface area contributed by atoms with Gasteiger partial charge in [0.25, 0.3) is 0 Å². The second kappa shape index (κ2) is 8.39. The molecule has 1 N–H and O–H groups in total. The highest BCUT2D eigenvalue weighted by Gasteiger charge is 2.31. The topological polar surface area (TPSA) is 71.9 Å². The summed E-state index contributed by atoms with van der Waals surface area (Å²) in [5.74, 6) is 1.09. The van der Waals surface area contributed by atoms with Gasteiger partial charge in [0.05, 0.1) is 0 Å². The standard InChI is InChI=1S/C27H22N4O2/c1-4-10-18(11-5-1)21-16-32-26(28-21)24-23(20-14-8-3-9-15-20)25(31-30-24)27-29-22(17-33-27)19-12-6-2-7-13-19/h1-15,21-22H,16-17H2,(H,30,31)/t21-,22-/m0/s1. The maximum absolute atomic E-state index is 6.03. The number of aromatic nitrogens is 2. The summed E-state index contributed by atoms with van der Waals surface area (Å²) in [6, 6.07) is 30.4. The molecule has 0 saturated heterocycles. The molecule has 3 aromatic carbocycles. The van der Waals surface area contributed by atoms with Gasteiger partial charge in [-0.2, -0.15) is 5.10 Å². The largest absolute Gasteiger partial charge is 0.474 e. The van der Waals surface area contributed by atoms with Crippen LogP contribution < -0.4 is 0 Å².